The molecule has 13 heteroatoms. The van der Waals surface area contributed by atoms with Crippen molar-refractivity contribution in [2.45, 2.75) is 84.5 Å². The first kappa shape index (κ1) is 41.5. The van der Waals surface area contributed by atoms with Crippen molar-refractivity contribution < 1.29 is 37.3 Å². The van der Waals surface area contributed by atoms with Crippen LogP contribution in [0.25, 0.3) is 11.1 Å². The molecule has 4 N–H and O–H groups in total. The summed E-state index contributed by atoms with van der Waals surface area (Å²) in [5, 5.41) is 20.6. The molecule has 0 radical (unpaired) electrons. The van der Waals surface area contributed by atoms with E-state index in [1.165, 1.54) is 18.4 Å². The van der Waals surface area contributed by atoms with Gasteiger partial charge < -0.3 is 24.8 Å². The quantitative estimate of drug-likeness (QED) is 0.0893. The third-order valence-corrected chi connectivity index (χ3v) is 8.33. The second-order valence-electron chi connectivity index (χ2n) is 12.0. The highest BCUT2D eigenvalue weighted by Crippen LogP contribution is 2.32. The highest BCUT2D eigenvalue weighted by atomic mass is 19.4. The van der Waals surface area contributed by atoms with Crippen LogP contribution in [-0.4, -0.2) is 98.0 Å². The Morgan fingerprint density at radius 1 is 1.00 bits per heavy atom. The Balaban J connectivity index is 0.00000107. The van der Waals surface area contributed by atoms with Gasteiger partial charge in [0, 0.05) is 51.3 Å². The number of carboxylic acids is 1. The van der Waals surface area contributed by atoms with Crippen LogP contribution in [0.2, 0.25) is 0 Å². The molecule has 1 saturated heterocycles. The molecule has 1 amide bonds. The maximum Gasteiger partial charge on any atom is 0.490 e. The van der Waals surface area contributed by atoms with Gasteiger partial charge in [0.15, 0.2) is 5.96 Å². The van der Waals surface area contributed by atoms with E-state index in [4.69, 9.17) is 24.8 Å². The molecule has 0 saturated carbocycles. The number of amides is 1. The minimum Gasteiger partial charge on any atom is -0.493 e. The molecule has 0 atom stereocenters. The molecule has 0 aliphatic carbocycles. The minimum absolute atomic E-state index is 0.0681. The van der Waals surface area contributed by atoms with Gasteiger partial charge in [-0.1, -0.05) is 63.6 Å². The molecule has 0 unspecified atom stereocenters. The number of hydrogen-bond acceptors (Lipinski definition) is 7. The highest BCUT2D eigenvalue weighted by Gasteiger charge is 2.38. The predicted octanol–water partition coefficient (Wildman–Crippen LogP) is 6.08. The summed E-state index contributed by atoms with van der Waals surface area (Å²) < 4.78 is 43.2. The van der Waals surface area contributed by atoms with Gasteiger partial charge in [-0.15, -0.1) is 0 Å². The molecule has 0 spiro atoms. The van der Waals surface area contributed by atoms with E-state index in [0.29, 0.717) is 32.6 Å². The average molecular weight is 694 g/mol. The zero-order valence-electron chi connectivity index (χ0n) is 29.3. The zero-order chi connectivity index (χ0) is 36.2. The van der Waals surface area contributed by atoms with Gasteiger partial charge in [0.1, 0.15) is 5.75 Å². The van der Waals surface area contributed by atoms with Gasteiger partial charge in [0.05, 0.1) is 6.61 Å². The fourth-order valence-corrected chi connectivity index (χ4v) is 5.59. The van der Waals surface area contributed by atoms with Crippen molar-refractivity contribution in [3.63, 3.8) is 0 Å². The van der Waals surface area contributed by atoms with E-state index in [9.17, 15) is 18.0 Å². The number of piperidine rings is 1. The fourth-order valence-electron chi connectivity index (χ4n) is 5.59. The summed E-state index contributed by atoms with van der Waals surface area (Å²) in [6.07, 6.45) is 1.11. The number of ether oxygens (including phenoxy) is 2. The number of carbonyl (C=O) groups excluding carboxylic acids is 1. The van der Waals surface area contributed by atoms with Crippen molar-refractivity contribution in [2.75, 3.05) is 53.0 Å². The van der Waals surface area contributed by atoms with Crippen LogP contribution in [0, 0.1) is 5.41 Å². The number of rotatable bonds is 17. The molecule has 0 bridgehead atoms. The fraction of sp³-hybridized carbons (Fsp3) is 0.583. The molecule has 1 aliphatic heterocycles. The molecule has 2 aromatic carbocycles. The van der Waals surface area contributed by atoms with Gasteiger partial charge in [-0.2, -0.15) is 13.2 Å². The summed E-state index contributed by atoms with van der Waals surface area (Å²) in [5.74, 6) is -2.03. The predicted molar refractivity (Wildman–Crippen MR) is 186 cm³/mol. The van der Waals surface area contributed by atoms with Crippen LogP contribution in [0.1, 0.15) is 70.4 Å². The summed E-state index contributed by atoms with van der Waals surface area (Å²) in [6.45, 7) is 14.1. The van der Waals surface area contributed by atoms with Gasteiger partial charge in [-0.3, -0.25) is 20.4 Å². The van der Waals surface area contributed by atoms with Crippen molar-refractivity contribution in [3.8, 4) is 16.9 Å². The number of alkyl halides is 3. The first-order valence-corrected chi connectivity index (χ1v) is 17.1. The molecular formula is C36H54F3N5O5. The van der Waals surface area contributed by atoms with Crippen molar-refractivity contribution in [2.24, 2.45) is 0 Å². The Labute approximate surface area is 288 Å². The molecular weight excluding hydrogens is 639 g/mol. The summed E-state index contributed by atoms with van der Waals surface area (Å²) in [7, 11) is 1.70. The SMILES string of the molecule is CCCCNC(=N)NC(=O)CCc1ccc(-c2ccc(CN3CCC(N(CC)CC)CC3)cc2)c(OCCCOC)c1.O=C(O)C(F)(F)F. The first-order valence-electron chi connectivity index (χ1n) is 17.1. The lowest BCUT2D eigenvalue weighted by Gasteiger charge is -2.37. The number of carboxylic acid groups (broad SMARTS) is 1. The summed E-state index contributed by atoms with van der Waals surface area (Å²) in [6, 6.07) is 15.8. The van der Waals surface area contributed by atoms with Gasteiger partial charge in [0.2, 0.25) is 5.91 Å². The smallest absolute Gasteiger partial charge is 0.490 e. The maximum absolute atomic E-state index is 12.4. The second kappa shape index (κ2) is 22.1. The lowest BCUT2D eigenvalue weighted by molar-refractivity contribution is -0.192. The Hall–Kier alpha value is -3.68. The summed E-state index contributed by atoms with van der Waals surface area (Å²) in [4.78, 5) is 26.5. The largest absolute Gasteiger partial charge is 0.493 e. The van der Waals surface area contributed by atoms with E-state index in [2.05, 4.69) is 77.6 Å². The number of guanidine groups is 1. The van der Waals surface area contributed by atoms with Crippen molar-refractivity contribution in [3.05, 3.63) is 53.6 Å². The number of aryl methyl sites for hydroxylation is 1. The highest BCUT2D eigenvalue weighted by molar-refractivity contribution is 5.95. The van der Waals surface area contributed by atoms with E-state index >= 15 is 0 Å². The van der Waals surface area contributed by atoms with Gasteiger partial charge >= 0.3 is 12.1 Å². The van der Waals surface area contributed by atoms with Crippen LogP contribution in [0.15, 0.2) is 42.5 Å². The lowest BCUT2D eigenvalue weighted by atomic mass is 9.99. The Kier molecular flexibility index (Phi) is 18.7. The number of methoxy groups -OCH3 is 1. The van der Waals surface area contributed by atoms with Crippen LogP contribution in [0.4, 0.5) is 13.2 Å². The number of likely N-dealkylation sites (tertiary alicyclic amines) is 1. The van der Waals surface area contributed by atoms with E-state index in [-0.39, 0.29) is 11.9 Å². The van der Waals surface area contributed by atoms with Crippen LogP contribution in [0.3, 0.4) is 0 Å². The van der Waals surface area contributed by atoms with E-state index in [1.807, 2.05) is 6.07 Å². The van der Waals surface area contributed by atoms with Gasteiger partial charge in [-0.25, -0.2) is 4.79 Å². The summed E-state index contributed by atoms with van der Waals surface area (Å²) in [5.41, 5.74) is 4.54. The van der Waals surface area contributed by atoms with Crippen LogP contribution < -0.4 is 15.4 Å². The Morgan fingerprint density at radius 2 is 1.63 bits per heavy atom. The van der Waals surface area contributed by atoms with E-state index < -0.39 is 12.1 Å². The Bertz CT molecular complexity index is 1280. The normalized spacial score (nSPS) is 13.8. The molecule has 0 aromatic heterocycles. The number of unbranched alkanes of at least 4 members (excludes halogenated alkanes) is 1. The number of aliphatic carboxylic acids is 1. The van der Waals surface area contributed by atoms with E-state index in [1.54, 1.807) is 7.11 Å². The number of halogens is 3. The third-order valence-electron chi connectivity index (χ3n) is 8.33. The van der Waals surface area contributed by atoms with Crippen LogP contribution >= 0.6 is 0 Å². The van der Waals surface area contributed by atoms with Crippen molar-refractivity contribution in [1.82, 2.24) is 20.4 Å². The molecule has 1 heterocycles. The number of nitrogens with zero attached hydrogens (tertiary/aromatic N) is 2. The Morgan fingerprint density at radius 3 is 2.20 bits per heavy atom. The van der Waals surface area contributed by atoms with Crippen LogP contribution in [-0.2, 0) is 27.3 Å². The summed E-state index contributed by atoms with van der Waals surface area (Å²) >= 11 is 0. The maximum atomic E-state index is 12.4. The van der Waals surface area contributed by atoms with Crippen molar-refractivity contribution in [1.29, 1.82) is 5.41 Å². The van der Waals surface area contributed by atoms with Crippen molar-refractivity contribution >= 4 is 17.8 Å². The van der Waals surface area contributed by atoms with E-state index in [0.717, 1.165) is 80.5 Å². The second-order valence-corrected chi connectivity index (χ2v) is 12.0. The number of carbonyl (C=O) groups is 2. The molecule has 1 fully saturated rings. The third kappa shape index (κ3) is 15.6. The number of benzene rings is 2. The first-order chi connectivity index (χ1) is 23.4. The van der Waals surface area contributed by atoms with Crippen LogP contribution in [0.5, 0.6) is 5.75 Å². The monoisotopic (exact) mass is 693 g/mol. The molecule has 3 rings (SSSR count). The molecule has 49 heavy (non-hydrogen) atoms. The standard InChI is InChI=1S/C34H53N5O3.C2HF3O2/c1-5-8-20-36-34(35)37-33(40)17-13-27-12-16-31(32(25-27)42-24-9-23-41-4)29-14-10-28(11-15-29)26-38-21-18-30(19-22-38)39(6-2)7-3;3-2(4,5)1(6)7/h10-12,14-16,25,30H,5-9,13,17-24,26H2,1-4H3,(H3,35,36,37,40);(H,6,7). The molecule has 2 aromatic rings. The molecule has 10 nitrogen and oxygen atoms in total. The zero-order valence-corrected chi connectivity index (χ0v) is 29.3. The minimum atomic E-state index is -5.08. The number of hydrogen-bond donors (Lipinski definition) is 4. The topological polar surface area (TPSA) is 127 Å². The lowest BCUT2D eigenvalue weighted by Crippen LogP contribution is -2.44. The van der Waals surface area contributed by atoms with Gasteiger partial charge in [0.25, 0.3) is 0 Å². The molecule has 274 valence electrons. The van der Waals surface area contributed by atoms with Gasteiger partial charge in [-0.05, 0) is 74.6 Å². The average Bonchev–Trinajstić information content (AvgIpc) is 3.07. The number of nitrogens with one attached hydrogen (secondary N) is 3. The molecule has 1 aliphatic rings.